The molecule has 0 saturated heterocycles. The Balaban J connectivity index is 1.66. The van der Waals surface area contributed by atoms with Crippen LogP contribution in [-0.2, 0) is 12.1 Å². The highest BCUT2D eigenvalue weighted by Gasteiger charge is 2.20. The van der Waals surface area contributed by atoms with E-state index in [1.165, 1.54) is 44.2 Å². The van der Waals surface area contributed by atoms with E-state index >= 15 is 0 Å². The molecule has 0 aliphatic heterocycles. The van der Waals surface area contributed by atoms with Crippen LogP contribution in [0.4, 0.5) is 0 Å². The zero-order valence-corrected chi connectivity index (χ0v) is 14.7. The zero-order valence-electron chi connectivity index (χ0n) is 13.6. The molecule has 1 heteroatoms. The minimum atomic E-state index is -0.760. The Morgan fingerprint density at radius 1 is 0.682 bits per heavy atom. The van der Waals surface area contributed by atoms with Crippen LogP contribution in [0, 0.1) is 5.92 Å². The molecule has 0 unspecified atom stereocenters. The van der Waals surface area contributed by atoms with Gasteiger partial charge in [0.2, 0.25) is 0 Å². The van der Waals surface area contributed by atoms with Gasteiger partial charge in [-0.15, -0.1) is 0 Å². The molecule has 1 saturated carbocycles. The van der Waals surface area contributed by atoms with E-state index in [1.54, 1.807) is 17.2 Å². The summed E-state index contributed by atoms with van der Waals surface area (Å²) in [5.74, 6) is 1.03. The van der Waals surface area contributed by atoms with Gasteiger partial charge in [0.05, 0.1) is 0 Å². The van der Waals surface area contributed by atoms with E-state index in [0.29, 0.717) is 0 Å². The summed E-state index contributed by atoms with van der Waals surface area (Å²) in [5, 5.41) is 0. The van der Waals surface area contributed by atoms with Crippen LogP contribution >= 0.6 is 0 Å². The summed E-state index contributed by atoms with van der Waals surface area (Å²) in [6, 6.07) is 26.6. The number of hydrogen-bond acceptors (Lipinski definition) is 0. The molecule has 2 aromatic rings. The number of hydrogen-bond donors (Lipinski definition) is 0. The summed E-state index contributed by atoms with van der Waals surface area (Å²) in [6.07, 6.45) is 7.41. The van der Waals surface area contributed by atoms with Crippen molar-refractivity contribution in [3.8, 4) is 0 Å². The first-order valence-corrected chi connectivity index (χ1v) is 11.4. The van der Waals surface area contributed by atoms with Crippen molar-refractivity contribution in [1.29, 1.82) is 0 Å². The second kappa shape index (κ2) is 8.33. The van der Waals surface area contributed by atoms with Gasteiger partial charge in [-0.1, -0.05) is 110 Å². The average molecular weight is 309 g/mol. The Bertz CT molecular complexity index is 487. The largest absolute Gasteiger partial charge is 0.0622 e. The van der Waals surface area contributed by atoms with Gasteiger partial charge in [-0.25, -0.2) is 0 Å². The van der Waals surface area contributed by atoms with Gasteiger partial charge in [-0.3, -0.25) is 0 Å². The van der Waals surface area contributed by atoms with Crippen LogP contribution in [0.2, 0.25) is 6.04 Å². The molecule has 0 amide bonds. The van der Waals surface area contributed by atoms with Gasteiger partial charge in [0.25, 0.3) is 0 Å². The summed E-state index contributed by atoms with van der Waals surface area (Å²) < 4.78 is 0. The van der Waals surface area contributed by atoms with Crippen molar-refractivity contribution in [1.82, 2.24) is 0 Å². The summed E-state index contributed by atoms with van der Waals surface area (Å²) in [4.78, 5) is 0. The fraction of sp³-hybridized carbons (Fsp3) is 0.429. The van der Waals surface area contributed by atoms with Crippen LogP contribution < -0.4 is 0 Å². The molecule has 3 rings (SSSR count). The molecule has 0 nitrogen and oxygen atoms in total. The predicted molar refractivity (Wildman–Crippen MR) is 98.8 cm³/mol. The fourth-order valence-electron chi connectivity index (χ4n) is 4.03. The smallest absolute Gasteiger partial charge is 0.0460 e. The second-order valence-corrected chi connectivity index (χ2v) is 10.0. The molecule has 2 aromatic carbocycles. The minimum absolute atomic E-state index is 0.760. The van der Waals surface area contributed by atoms with E-state index in [-0.39, 0.29) is 0 Å². The van der Waals surface area contributed by atoms with Crippen LogP contribution in [0.25, 0.3) is 0 Å². The molecule has 22 heavy (non-hydrogen) atoms. The van der Waals surface area contributed by atoms with Gasteiger partial charge >= 0.3 is 0 Å². The number of rotatable bonds is 6. The quantitative estimate of drug-likeness (QED) is 0.630. The first-order valence-electron chi connectivity index (χ1n) is 8.98. The lowest BCUT2D eigenvalue weighted by Gasteiger charge is -2.26. The van der Waals surface area contributed by atoms with Crippen molar-refractivity contribution >= 4 is 8.80 Å². The molecule has 1 aliphatic rings. The molecule has 116 valence electrons. The van der Waals surface area contributed by atoms with Crippen molar-refractivity contribution in [2.24, 2.45) is 5.92 Å². The lowest BCUT2D eigenvalue weighted by molar-refractivity contribution is 0.382. The summed E-state index contributed by atoms with van der Waals surface area (Å²) >= 11 is 0. The first-order chi connectivity index (χ1) is 10.9. The zero-order chi connectivity index (χ0) is 15.0. The summed E-state index contributed by atoms with van der Waals surface area (Å²) in [7, 11) is -0.760. The molecule has 0 atom stereocenters. The maximum atomic E-state index is 2.33. The Labute approximate surface area is 137 Å². The maximum absolute atomic E-state index is 2.33. The highest BCUT2D eigenvalue weighted by molar-refractivity contribution is 6.57. The molecule has 0 bridgehead atoms. The fourth-order valence-corrected chi connectivity index (χ4v) is 7.80. The van der Waals surface area contributed by atoms with Crippen LogP contribution in [0.5, 0.6) is 0 Å². The lowest BCUT2D eigenvalue weighted by Crippen LogP contribution is -2.25. The minimum Gasteiger partial charge on any atom is -0.0622 e. The van der Waals surface area contributed by atoms with Gasteiger partial charge in [-0.2, -0.15) is 0 Å². The van der Waals surface area contributed by atoms with Gasteiger partial charge in [0.15, 0.2) is 0 Å². The van der Waals surface area contributed by atoms with E-state index in [2.05, 4.69) is 60.7 Å². The topological polar surface area (TPSA) is 0 Å². The second-order valence-electron chi connectivity index (χ2n) is 6.99. The van der Waals surface area contributed by atoms with E-state index in [9.17, 15) is 0 Å². The summed E-state index contributed by atoms with van der Waals surface area (Å²) in [6.45, 7) is 0. The van der Waals surface area contributed by atoms with E-state index < -0.39 is 8.80 Å². The molecule has 0 heterocycles. The molecule has 1 aliphatic carbocycles. The molecule has 0 aromatic heterocycles. The van der Waals surface area contributed by atoms with E-state index in [0.717, 1.165) is 5.92 Å². The Kier molecular flexibility index (Phi) is 5.89. The monoisotopic (exact) mass is 308 g/mol. The molecule has 0 radical (unpaired) electrons. The van der Waals surface area contributed by atoms with Crippen molar-refractivity contribution in [3.63, 3.8) is 0 Å². The van der Waals surface area contributed by atoms with Gasteiger partial charge in [-0.05, 0) is 18.0 Å². The lowest BCUT2D eigenvalue weighted by atomic mass is 9.91. The Hall–Kier alpha value is -1.34. The van der Waals surface area contributed by atoms with E-state index in [4.69, 9.17) is 0 Å². The molecular weight excluding hydrogens is 280 g/mol. The summed E-state index contributed by atoms with van der Waals surface area (Å²) in [5.41, 5.74) is 3.12. The third kappa shape index (κ3) is 4.84. The van der Waals surface area contributed by atoms with E-state index in [1.807, 2.05) is 0 Å². The maximum Gasteiger partial charge on any atom is 0.0460 e. The van der Waals surface area contributed by atoms with Gasteiger partial charge in [0.1, 0.15) is 0 Å². The third-order valence-corrected chi connectivity index (χ3v) is 8.56. The van der Waals surface area contributed by atoms with Gasteiger partial charge < -0.3 is 0 Å². The van der Waals surface area contributed by atoms with Crippen LogP contribution in [-0.4, -0.2) is 8.80 Å². The average Bonchev–Trinajstić information content (AvgIpc) is 2.57. The molecular formula is C21H28Si. The third-order valence-electron chi connectivity index (χ3n) is 5.13. The molecule has 0 N–H and O–H groups in total. The molecule has 1 fully saturated rings. The van der Waals surface area contributed by atoms with Crippen molar-refractivity contribution in [2.45, 2.75) is 50.2 Å². The highest BCUT2D eigenvalue weighted by atomic mass is 28.3. The van der Waals surface area contributed by atoms with Crippen molar-refractivity contribution in [2.75, 3.05) is 0 Å². The number of benzene rings is 2. The standard InChI is InChI=1S/C21H28Si/c1-4-10-19(11-5-1)16-22(17-20-12-6-2-7-13-20)18-21-14-8-3-9-15-21/h1-2,4-7,10-13,21-22H,3,8-9,14-18H2. The first kappa shape index (κ1) is 15.5. The van der Waals surface area contributed by atoms with Crippen molar-refractivity contribution in [3.05, 3.63) is 71.8 Å². The Morgan fingerprint density at radius 3 is 1.68 bits per heavy atom. The Morgan fingerprint density at radius 2 is 1.18 bits per heavy atom. The van der Waals surface area contributed by atoms with Crippen LogP contribution in [0.1, 0.15) is 43.2 Å². The van der Waals surface area contributed by atoms with Gasteiger partial charge in [0, 0.05) is 8.80 Å². The predicted octanol–water partition coefficient (Wildman–Crippen LogP) is 5.36. The van der Waals surface area contributed by atoms with Crippen LogP contribution in [0.3, 0.4) is 0 Å². The SMILES string of the molecule is c1ccc(C[SiH](Cc2ccccc2)CC2CCCCC2)cc1. The van der Waals surface area contributed by atoms with Crippen LogP contribution in [0.15, 0.2) is 60.7 Å². The highest BCUT2D eigenvalue weighted by Crippen LogP contribution is 2.29. The normalized spacial score (nSPS) is 16.0. The molecule has 0 spiro atoms. The van der Waals surface area contributed by atoms with Crippen molar-refractivity contribution < 1.29 is 0 Å².